The van der Waals surface area contributed by atoms with Gasteiger partial charge in [0, 0.05) is 15.2 Å². The minimum absolute atomic E-state index is 0.0955. The molecule has 1 nitrogen and oxygen atoms in total. The Kier molecular flexibility index (Phi) is 7.37. The summed E-state index contributed by atoms with van der Waals surface area (Å²) < 4.78 is 20.2. The zero-order chi connectivity index (χ0) is 14.3. The Hall–Kier alpha value is -0.0900. The first-order valence-electron chi connectivity index (χ1n) is 6.70. The van der Waals surface area contributed by atoms with Crippen LogP contribution in [-0.2, 0) is 0 Å². The van der Waals surface area contributed by atoms with Crippen LogP contribution in [0.3, 0.4) is 0 Å². The van der Waals surface area contributed by atoms with Crippen molar-refractivity contribution in [1.82, 2.24) is 0 Å². The van der Waals surface area contributed by atoms with Crippen LogP contribution in [-0.4, -0.2) is 11.9 Å². The molecule has 1 aromatic carbocycles. The monoisotopic (exact) mass is 394 g/mol. The molecule has 0 spiro atoms. The van der Waals surface area contributed by atoms with Gasteiger partial charge in [-0.05, 0) is 31.0 Å². The fourth-order valence-corrected chi connectivity index (χ4v) is 3.38. The minimum atomic E-state index is -0.306. The van der Waals surface area contributed by atoms with E-state index in [1.54, 1.807) is 12.1 Å². The van der Waals surface area contributed by atoms with Gasteiger partial charge in [0.1, 0.15) is 0 Å². The highest BCUT2D eigenvalue weighted by atomic mass is 79.9. The van der Waals surface area contributed by atoms with Gasteiger partial charge in [0.15, 0.2) is 11.6 Å². The maximum absolute atomic E-state index is 13.7. The van der Waals surface area contributed by atoms with Crippen molar-refractivity contribution in [3.8, 4) is 5.75 Å². The number of hydrogen-bond donors (Lipinski definition) is 0. The van der Waals surface area contributed by atoms with Gasteiger partial charge in [-0.3, -0.25) is 0 Å². The third kappa shape index (κ3) is 5.07. The lowest BCUT2D eigenvalue weighted by atomic mass is 9.82. The summed E-state index contributed by atoms with van der Waals surface area (Å²) in [7, 11) is 0. The summed E-state index contributed by atoms with van der Waals surface area (Å²) in [4.78, 5) is 0. The molecule has 0 N–H and O–H groups in total. The van der Waals surface area contributed by atoms with E-state index in [1.807, 2.05) is 0 Å². The molecule has 0 heterocycles. The highest BCUT2D eigenvalue weighted by Gasteiger charge is 2.28. The van der Waals surface area contributed by atoms with E-state index < -0.39 is 0 Å². The van der Waals surface area contributed by atoms with Crippen LogP contribution in [0, 0.1) is 11.2 Å². The topological polar surface area (TPSA) is 9.23 Å². The Bertz CT molecular complexity index is 390. The van der Waals surface area contributed by atoms with Crippen molar-refractivity contribution in [2.45, 2.75) is 39.5 Å². The normalized spacial score (nSPS) is 11.6. The molecule has 0 atom stereocenters. The molecule has 0 unspecified atom stereocenters. The average Bonchev–Trinajstić information content (AvgIpc) is 2.40. The molecular weight excluding hydrogens is 375 g/mol. The van der Waals surface area contributed by atoms with Gasteiger partial charge in [-0.1, -0.05) is 58.5 Å². The summed E-state index contributed by atoms with van der Waals surface area (Å²) in [6.07, 6.45) is 4.38. The van der Waals surface area contributed by atoms with Crippen LogP contribution in [0.15, 0.2) is 22.7 Å². The zero-order valence-electron chi connectivity index (χ0n) is 11.5. The summed E-state index contributed by atoms with van der Waals surface area (Å²) in [5.74, 6) is 0.0200. The molecule has 1 aromatic rings. The molecule has 0 saturated carbocycles. The smallest absolute Gasteiger partial charge is 0.165 e. The first kappa shape index (κ1) is 17.0. The van der Waals surface area contributed by atoms with E-state index >= 15 is 0 Å². The SMILES string of the molecule is CCCC(CBr)(CCC)COc1cc(Br)ccc1F. The Labute approximate surface area is 132 Å². The lowest BCUT2D eigenvalue weighted by Crippen LogP contribution is -2.30. The molecule has 4 heteroatoms. The third-order valence-corrected chi connectivity index (χ3v) is 4.95. The quantitative estimate of drug-likeness (QED) is 0.494. The van der Waals surface area contributed by atoms with Crippen molar-refractivity contribution < 1.29 is 9.13 Å². The third-order valence-electron chi connectivity index (χ3n) is 3.27. The largest absolute Gasteiger partial charge is 0.490 e. The molecule has 0 aromatic heterocycles. The predicted molar refractivity (Wildman–Crippen MR) is 85.6 cm³/mol. The molecular formula is C15H21Br2FO. The van der Waals surface area contributed by atoms with Gasteiger partial charge < -0.3 is 4.74 Å². The highest BCUT2D eigenvalue weighted by Crippen LogP contribution is 2.34. The molecule has 0 radical (unpaired) electrons. The van der Waals surface area contributed by atoms with E-state index in [9.17, 15) is 4.39 Å². The van der Waals surface area contributed by atoms with Crippen LogP contribution in [0.4, 0.5) is 4.39 Å². The van der Waals surface area contributed by atoms with E-state index in [4.69, 9.17) is 4.74 Å². The molecule has 0 aliphatic heterocycles. The van der Waals surface area contributed by atoms with Crippen LogP contribution in [0.1, 0.15) is 39.5 Å². The fraction of sp³-hybridized carbons (Fsp3) is 0.600. The van der Waals surface area contributed by atoms with Gasteiger partial charge in [-0.2, -0.15) is 0 Å². The zero-order valence-corrected chi connectivity index (χ0v) is 14.7. The van der Waals surface area contributed by atoms with Crippen molar-refractivity contribution in [3.63, 3.8) is 0 Å². The molecule has 0 saturated heterocycles. The van der Waals surface area contributed by atoms with E-state index in [2.05, 4.69) is 45.7 Å². The summed E-state index contributed by atoms with van der Waals surface area (Å²) in [5.41, 5.74) is 0.0955. The van der Waals surface area contributed by atoms with Gasteiger partial charge in [0.05, 0.1) is 6.61 Å². The van der Waals surface area contributed by atoms with Crippen LogP contribution >= 0.6 is 31.9 Å². The van der Waals surface area contributed by atoms with Crippen molar-refractivity contribution in [2.75, 3.05) is 11.9 Å². The van der Waals surface area contributed by atoms with E-state index in [0.29, 0.717) is 12.4 Å². The molecule has 0 aliphatic carbocycles. The molecule has 108 valence electrons. The molecule has 19 heavy (non-hydrogen) atoms. The van der Waals surface area contributed by atoms with Crippen molar-refractivity contribution in [2.24, 2.45) is 5.41 Å². The first-order chi connectivity index (χ1) is 9.06. The van der Waals surface area contributed by atoms with Crippen molar-refractivity contribution in [3.05, 3.63) is 28.5 Å². The number of ether oxygens (including phenoxy) is 1. The summed E-state index contributed by atoms with van der Waals surface area (Å²) in [6, 6.07) is 4.79. The summed E-state index contributed by atoms with van der Waals surface area (Å²) in [5, 5.41) is 0.886. The second-order valence-corrected chi connectivity index (χ2v) is 6.47. The minimum Gasteiger partial charge on any atom is -0.490 e. The average molecular weight is 396 g/mol. The van der Waals surface area contributed by atoms with E-state index in [0.717, 1.165) is 35.5 Å². The van der Waals surface area contributed by atoms with E-state index in [-0.39, 0.29) is 11.2 Å². The van der Waals surface area contributed by atoms with Gasteiger partial charge in [0.2, 0.25) is 0 Å². The van der Waals surface area contributed by atoms with E-state index in [1.165, 1.54) is 6.07 Å². The van der Waals surface area contributed by atoms with Gasteiger partial charge >= 0.3 is 0 Å². The Balaban J connectivity index is 2.77. The lowest BCUT2D eigenvalue weighted by Gasteiger charge is -2.31. The van der Waals surface area contributed by atoms with Crippen LogP contribution in [0.2, 0.25) is 0 Å². The molecule has 0 amide bonds. The number of benzene rings is 1. The summed E-state index contributed by atoms with van der Waals surface area (Å²) in [6.45, 7) is 4.90. The molecule has 1 rings (SSSR count). The molecule has 0 aliphatic rings. The van der Waals surface area contributed by atoms with Crippen LogP contribution in [0.5, 0.6) is 5.75 Å². The second-order valence-electron chi connectivity index (χ2n) is 5.00. The predicted octanol–water partition coefficient (Wildman–Crippen LogP) is 5.95. The molecule has 0 bridgehead atoms. The van der Waals surface area contributed by atoms with Crippen molar-refractivity contribution >= 4 is 31.9 Å². The summed E-state index contributed by atoms with van der Waals surface area (Å²) >= 11 is 6.94. The number of rotatable bonds is 8. The number of alkyl halides is 1. The second kappa shape index (κ2) is 8.25. The highest BCUT2D eigenvalue weighted by molar-refractivity contribution is 9.10. The maximum atomic E-state index is 13.7. The Morgan fingerprint density at radius 1 is 1.21 bits per heavy atom. The van der Waals surface area contributed by atoms with Gasteiger partial charge in [-0.25, -0.2) is 4.39 Å². The fourth-order valence-electron chi connectivity index (χ4n) is 2.32. The molecule has 0 fully saturated rings. The van der Waals surface area contributed by atoms with Crippen molar-refractivity contribution in [1.29, 1.82) is 0 Å². The number of halogens is 3. The maximum Gasteiger partial charge on any atom is 0.165 e. The first-order valence-corrected chi connectivity index (χ1v) is 8.62. The number of hydrogen-bond acceptors (Lipinski definition) is 1. The van der Waals surface area contributed by atoms with Crippen LogP contribution < -0.4 is 4.74 Å². The van der Waals surface area contributed by atoms with Gasteiger partial charge in [-0.15, -0.1) is 0 Å². The lowest BCUT2D eigenvalue weighted by molar-refractivity contribution is 0.140. The Morgan fingerprint density at radius 3 is 2.37 bits per heavy atom. The standard InChI is InChI=1S/C15H21Br2FO/c1-3-7-15(10-16,8-4-2)11-19-14-9-12(17)5-6-13(14)18/h5-6,9H,3-4,7-8,10-11H2,1-2H3. The Morgan fingerprint density at radius 2 is 1.84 bits per heavy atom. The van der Waals surface area contributed by atoms with Crippen LogP contribution in [0.25, 0.3) is 0 Å². The van der Waals surface area contributed by atoms with Gasteiger partial charge in [0.25, 0.3) is 0 Å².